The number of fused-ring (bicyclic) bond motifs is 4. The number of rotatable bonds is 5. The van der Waals surface area contributed by atoms with Crippen molar-refractivity contribution < 1.29 is 13.6 Å². The molecule has 1 saturated heterocycles. The maximum Gasteiger partial charge on any atom is 0.251 e. The van der Waals surface area contributed by atoms with E-state index >= 15 is 0 Å². The predicted molar refractivity (Wildman–Crippen MR) is 140 cm³/mol. The van der Waals surface area contributed by atoms with Gasteiger partial charge in [0.2, 0.25) is 0 Å². The number of carbonyl (C=O) groups is 1. The number of amides is 1. The van der Waals surface area contributed by atoms with Crippen molar-refractivity contribution in [3.8, 4) is 11.3 Å². The Balaban J connectivity index is 1.12. The molecule has 0 radical (unpaired) electrons. The summed E-state index contributed by atoms with van der Waals surface area (Å²) >= 11 is 0. The summed E-state index contributed by atoms with van der Waals surface area (Å²) in [4.78, 5) is 15.5. The molecule has 2 aliphatic rings. The van der Waals surface area contributed by atoms with Crippen molar-refractivity contribution in [1.82, 2.24) is 30.2 Å². The normalized spacial score (nSPS) is 21.1. The van der Waals surface area contributed by atoms with Gasteiger partial charge in [0.05, 0.1) is 16.7 Å². The Hall–Kier alpha value is -4.11. The molecule has 38 heavy (non-hydrogen) atoms. The van der Waals surface area contributed by atoms with Crippen LogP contribution in [0.1, 0.15) is 28.8 Å². The quantitative estimate of drug-likeness (QED) is 0.355. The fourth-order valence-corrected chi connectivity index (χ4v) is 6.28. The number of benzene rings is 3. The topological polar surface area (TPSA) is 78.8 Å². The lowest BCUT2D eigenvalue weighted by Gasteiger charge is -2.33. The molecule has 1 saturated carbocycles. The number of carbonyl (C=O) groups excluding carboxylic acids is 1. The summed E-state index contributed by atoms with van der Waals surface area (Å²) in [5, 5.41) is 17.1. The number of aromatic nitrogens is 4. The minimum atomic E-state index is -0.528. The Labute approximate surface area is 217 Å². The molecule has 2 aromatic heterocycles. The highest BCUT2D eigenvalue weighted by Crippen LogP contribution is 2.39. The van der Waals surface area contributed by atoms with Crippen LogP contribution in [0, 0.1) is 17.6 Å². The lowest BCUT2D eigenvalue weighted by Crippen LogP contribution is -2.49. The Kier molecular flexibility index (Phi) is 5.29. The molecule has 0 unspecified atom stereocenters. The first-order chi connectivity index (χ1) is 18.4. The molecule has 7 rings (SSSR count). The summed E-state index contributed by atoms with van der Waals surface area (Å²) in [6.45, 7) is 0.994. The Morgan fingerprint density at radius 2 is 1.95 bits per heavy atom. The van der Waals surface area contributed by atoms with Gasteiger partial charge < -0.3 is 5.32 Å². The van der Waals surface area contributed by atoms with Gasteiger partial charge in [-0.3, -0.25) is 19.5 Å². The monoisotopic (exact) mass is 512 g/mol. The first-order valence-electron chi connectivity index (χ1n) is 12.8. The van der Waals surface area contributed by atoms with Crippen LogP contribution in [-0.4, -0.2) is 49.4 Å². The lowest BCUT2D eigenvalue weighted by molar-refractivity contribution is 0.0886. The molecule has 1 amide bonds. The minimum Gasteiger partial charge on any atom is -0.348 e. The second kappa shape index (κ2) is 8.73. The second-order valence-electron chi connectivity index (χ2n) is 10.5. The summed E-state index contributed by atoms with van der Waals surface area (Å²) in [7, 11) is 1.89. The summed E-state index contributed by atoms with van der Waals surface area (Å²) in [6, 6.07) is 15.5. The van der Waals surface area contributed by atoms with Gasteiger partial charge >= 0.3 is 0 Å². The van der Waals surface area contributed by atoms with Crippen molar-refractivity contribution in [2.24, 2.45) is 13.0 Å². The van der Waals surface area contributed by atoms with E-state index in [0.29, 0.717) is 11.5 Å². The number of likely N-dealkylation sites (tertiary alicyclic amines) is 1. The van der Waals surface area contributed by atoms with E-state index in [2.05, 4.69) is 25.5 Å². The van der Waals surface area contributed by atoms with Crippen LogP contribution in [-0.2, 0) is 13.6 Å². The molecular weight excluding hydrogens is 486 g/mol. The van der Waals surface area contributed by atoms with Crippen molar-refractivity contribution in [1.29, 1.82) is 0 Å². The summed E-state index contributed by atoms with van der Waals surface area (Å²) < 4.78 is 30.3. The van der Waals surface area contributed by atoms with Gasteiger partial charge in [-0.05, 0) is 61.2 Å². The number of halogens is 2. The number of hydrogen-bond acceptors (Lipinski definition) is 4. The van der Waals surface area contributed by atoms with Crippen molar-refractivity contribution in [3.63, 3.8) is 0 Å². The van der Waals surface area contributed by atoms with E-state index in [1.165, 1.54) is 18.2 Å². The van der Waals surface area contributed by atoms with Crippen LogP contribution < -0.4 is 5.32 Å². The van der Waals surface area contributed by atoms with E-state index in [0.717, 1.165) is 52.4 Å². The zero-order valence-electron chi connectivity index (χ0n) is 20.8. The summed E-state index contributed by atoms with van der Waals surface area (Å²) in [5.74, 6) is -0.803. The Morgan fingerprint density at radius 3 is 2.76 bits per heavy atom. The average molecular weight is 513 g/mol. The molecule has 2 N–H and O–H groups in total. The maximum absolute atomic E-state index is 14.3. The zero-order chi connectivity index (χ0) is 26.0. The highest BCUT2D eigenvalue weighted by Gasteiger charge is 2.45. The van der Waals surface area contributed by atoms with Crippen LogP contribution in [0.2, 0.25) is 0 Å². The van der Waals surface area contributed by atoms with E-state index in [1.54, 1.807) is 10.7 Å². The summed E-state index contributed by atoms with van der Waals surface area (Å²) in [6.07, 6.45) is 3.76. The van der Waals surface area contributed by atoms with Gasteiger partial charge in [0.25, 0.3) is 5.91 Å². The number of nitrogens with one attached hydrogen (secondary N) is 2. The molecule has 9 heteroatoms. The molecule has 5 aromatic rings. The number of nitrogens with zero attached hydrogens (tertiary/aromatic N) is 4. The number of piperidine rings is 1. The number of hydrogen-bond donors (Lipinski definition) is 2. The third kappa shape index (κ3) is 3.85. The second-order valence-corrected chi connectivity index (χ2v) is 10.5. The van der Waals surface area contributed by atoms with E-state index in [9.17, 15) is 13.6 Å². The maximum atomic E-state index is 14.3. The zero-order valence-corrected chi connectivity index (χ0v) is 20.8. The van der Waals surface area contributed by atoms with Crippen molar-refractivity contribution in [2.45, 2.75) is 31.5 Å². The van der Waals surface area contributed by atoms with Gasteiger partial charge in [0.15, 0.2) is 0 Å². The molecule has 0 spiro atoms. The number of aromatic amines is 1. The molecule has 1 aliphatic heterocycles. The standard InChI is InChI=1S/C29H26F2N6O/c1-36-14-19-11-17(5-7-24(19)35-36)28-20-12-18(6-8-25(20)33-34-28)29(38)32-26-9-16-10-27(26)37(13-16)15-21-22(30)3-2-4-23(21)31/h2-8,11-12,14,16,26-27H,9-10,13,15H2,1H3,(H,32,38)(H,33,34)/t16-,26+,27+/m0/s1. The molecule has 2 fully saturated rings. The van der Waals surface area contributed by atoms with Crippen LogP contribution in [0.3, 0.4) is 0 Å². The highest BCUT2D eigenvalue weighted by atomic mass is 19.1. The molecule has 3 aromatic carbocycles. The van der Waals surface area contributed by atoms with Gasteiger partial charge in [0.1, 0.15) is 11.6 Å². The van der Waals surface area contributed by atoms with Gasteiger partial charge in [-0.25, -0.2) is 8.78 Å². The van der Waals surface area contributed by atoms with E-state index in [4.69, 9.17) is 0 Å². The predicted octanol–water partition coefficient (Wildman–Crippen LogP) is 4.79. The van der Waals surface area contributed by atoms with E-state index in [-0.39, 0.29) is 30.1 Å². The third-order valence-electron chi connectivity index (χ3n) is 8.05. The average Bonchev–Trinajstić information content (AvgIpc) is 3.67. The molecular formula is C29H26F2N6O. The molecule has 2 bridgehead atoms. The van der Waals surface area contributed by atoms with Crippen LogP contribution in [0.15, 0.2) is 60.8 Å². The molecule has 7 nitrogen and oxygen atoms in total. The lowest BCUT2D eigenvalue weighted by atomic mass is 10.0. The summed E-state index contributed by atoms with van der Waals surface area (Å²) in [5.41, 5.74) is 4.12. The SMILES string of the molecule is Cn1cc2cc(-c3n[nH]c4ccc(C(=O)N[C@@H]5C[C@H]6C[C@H]5N(Cc5c(F)cccc5F)C6)cc34)ccc2n1. The van der Waals surface area contributed by atoms with Crippen LogP contribution in [0.5, 0.6) is 0 Å². The van der Waals surface area contributed by atoms with Gasteiger partial charge in [-0.15, -0.1) is 0 Å². The smallest absolute Gasteiger partial charge is 0.251 e. The van der Waals surface area contributed by atoms with Crippen molar-refractivity contribution in [3.05, 3.63) is 83.6 Å². The third-order valence-corrected chi connectivity index (χ3v) is 8.05. The fourth-order valence-electron chi connectivity index (χ4n) is 6.28. The Morgan fingerprint density at radius 1 is 1.11 bits per heavy atom. The highest BCUT2D eigenvalue weighted by molar-refractivity contribution is 6.02. The van der Waals surface area contributed by atoms with Gasteiger partial charge in [-0.1, -0.05) is 12.1 Å². The number of H-pyrrole nitrogens is 1. The van der Waals surface area contributed by atoms with Crippen LogP contribution >= 0.6 is 0 Å². The van der Waals surface area contributed by atoms with E-state index in [1.807, 2.05) is 43.6 Å². The first kappa shape index (κ1) is 23.0. The van der Waals surface area contributed by atoms with Crippen molar-refractivity contribution in [2.75, 3.05) is 6.54 Å². The Bertz CT molecular complexity index is 1690. The van der Waals surface area contributed by atoms with Crippen LogP contribution in [0.4, 0.5) is 8.78 Å². The van der Waals surface area contributed by atoms with Gasteiger partial charge in [-0.2, -0.15) is 10.2 Å². The largest absolute Gasteiger partial charge is 0.348 e. The molecule has 1 aliphatic carbocycles. The molecule has 3 atom stereocenters. The molecule has 192 valence electrons. The van der Waals surface area contributed by atoms with Crippen LogP contribution in [0.25, 0.3) is 33.1 Å². The van der Waals surface area contributed by atoms with Gasteiger partial charge in [0, 0.05) is 65.9 Å². The van der Waals surface area contributed by atoms with Crippen molar-refractivity contribution >= 4 is 27.7 Å². The minimum absolute atomic E-state index is 0.0578. The fraction of sp³-hybridized carbons (Fsp3) is 0.276. The number of aryl methyl sites for hydroxylation is 1. The molecule has 3 heterocycles. The van der Waals surface area contributed by atoms with E-state index < -0.39 is 11.6 Å². The first-order valence-corrected chi connectivity index (χ1v) is 12.8.